The molecule has 1 aliphatic carbocycles. The fraction of sp³-hybridized carbons (Fsp3) is 0.667. The Balaban J connectivity index is 1.57. The van der Waals surface area contributed by atoms with Crippen LogP contribution in [0.2, 0.25) is 0 Å². The fourth-order valence-electron chi connectivity index (χ4n) is 5.01. The van der Waals surface area contributed by atoms with Crippen LogP contribution in [0.4, 0.5) is 0 Å². The van der Waals surface area contributed by atoms with E-state index in [2.05, 4.69) is 35.5 Å². The Kier molecular flexibility index (Phi) is 4.47. The monoisotopic (exact) mass is 340 g/mol. The van der Waals surface area contributed by atoms with Crippen molar-refractivity contribution >= 4 is 5.97 Å². The molecule has 0 saturated carbocycles. The van der Waals surface area contributed by atoms with E-state index in [0.29, 0.717) is 6.04 Å². The largest absolute Gasteiger partial charge is 0.445 e. The number of carbonyl (C=O) groups excluding carboxylic acids is 1. The molecule has 4 heteroatoms. The van der Waals surface area contributed by atoms with Gasteiger partial charge >= 0.3 is 5.97 Å². The molecule has 0 bridgehead atoms. The SMILES string of the molecule is CCCN(CC#CC1=C2CN3CCCCC3[C@]23OC(=O)C=C13)CCC. The van der Waals surface area contributed by atoms with Gasteiger partial charge in [0.25, 0.3) is 0 Å². The Bertz CT molecular complexity index is 690. The molecule has 25 heavy (non-hydrogen) atoms. The maximum absolute atomic E-state index is 12.0. The van der Waals surface area contributed by atoms with Gasteiger partial charge in [-0.1, -0.05) is 32.1 Å². The second-order valence-electron chi connectivity index (χ2n) is 7.63. The number of nitrogens with zero attached hydrogens (tertiary/aromatic N) is 2. The summed E-state index contributed by atoms with van der Waals surface area (Å²) in [7, 11) is 0. The van der Waals surface area contributed by atoms with E-state index in [4.69, 9.17) is 4.74 Å². The summed E-state index contributed by atoms with van der Waals surface area (Å²) in [6.45, 7) is 9.46. The second kappa shape index (κ2) is 6.63. The molecular weight excluding hydrogens is 312 g/mol. The fourth-order valence-corrected chi connectivity index (χ4v) is 5.01. The molecule has 134 valence electrons. The number of hydrogen-bond donors (Lipinski definition) is 0. The quantitative estimate of drug-likeness (QED) is 0.569. The van der Waals surface area contributed by atoms with Gasteiger partial charge in [-0.3, -0.25) is 9.80 Å². The van der Waals surface area contributed by atoms with Crippen molar-refractivity contribution in [3.63, 3.8) is 0 Å². The van der Waals surface area contributed by atoms with Crippen LogP contribution in [0.3, 0.4) is 0 Å². The molecule has 2 saturated heterocycles. The summed E-state index contributed by atoms with van der Waals surface area (Å²) >= 11 is 0. The summed E-state index contributed by atoms with van der Waals surface area (Å²) in [6, 6.07) is 0.344. The predicted molar refractivity (Wildman–Crippen MR) is 97.9 cm³/mol. The van der Waals surface area contributed by atoms with Crippen molar-refractivity contribution in [3.8, 4) is 11.8 Å². The molecule has 4 nitrogen and oxygen atoms in total. The molecule has 0 aromatic heterocycles. The van der Waals surface area contributed by atoms with Crippen LogP contribution in [0.15, 0.2) is 22.8 Å². The first-order valence-electron chi connectivity index (χ1n) is 9.85. The molecule has 0 N–H and O–H groups in total. The normalized spacial score (nSPS) is 30.1. The van der Waals surface area contributed by atoms with Gasteiger partial charge in [0.1, 0.15) is 0 Å². The summed E-state index contributed by atoms with van der Waals surface area (Å²) in [4.78, 5) is 16.9. The maximum Gasteiger partial charge on any atom is 0.332 e. The van der Waals surface area contributed by atoms with Gasteiger partial charge in [0, 0.05) is 29.3 Å². The summed E-state index contributed by atoms with van der Waals surface area (Å²) in [5, 5.41) is 0. The van der Waals surface area contributed by atoms with Crippen LogP contribution in [-0.4, -0.2) is 60.1 Å². The molecular formula is C21H28N2O2. The molecule has 4 aliphatic rings. The van der Waals surface area contributed by atoms with E-state index in [1.807, 2.05) is 0 Å². The highest BCUT2D eigenvalue weighted by Crippen LogP contribution is 2.58. The highest BCUT2D eigenvalue weighted by Gasteiger charge is 2.66. The minimum absolute atomic E-state index is 0.185. The van der Waals surface area contributed by atoms with E-state index in [0.717, 1.165) is 63.1 Å². The minimum atomic E-state index is -0.436. The number of ether oxygens (including phenoxy) is 1. The van der Waals surface area contributed by atoms with Crippen molar-refractivity contribution in [3.05, 3.63) is 22.8 Å². The van der Waals surface area contributed by atoms with Gasteiger partial charge in [-0.05, 0) is 45.3 Å². The average Bonchev–Trinajstić information content (AvgIpc) is 3.06. The molecule has 0 aromatic carbocycles. The van der Waals surface area contributed by atoms with Gasteiger partial charge in [0.05, 0.1) is 12.6 Å². The van der Waals surface area contributed by atoms with Crippen LogP contribution < -0.4 is 0 Å². The number of fused-ring (bicyclic) bond motifs is 1. The van der Waals surface area contributed by atoms with Crippen LogP contribution in [0, 0.1) is 11.8 Å². The van der Waals surface area contributed by atoms with Crippen LogP contribution in [0.1, 0.15) is 46.0 Å². The van der Waals surface area contributed by atoms with Crippen LogP contribution in [0.5, 0.6) is 0 Å². The van der Waals surface area contributed by atoms with E-state index >= 15 is 0 Å². The van der Waals surface area contributed by atoms with Crippen LogP contribution in [0.25, 0.3) is 0 Å². The number of esters is 1. The van der Waals surface area contributed by atoms with Gasteiger partial charge in [0.2, 0.25) is 0 Å². The highest BCUT2D eigenvalue weighted by atomic mass is 16.6. The molecule has 1 spiro atoms. The molecule has 2 atom stereocenters. The third-order valence-electron chi connectivity index (χ3n) is 5.98. The molecule has 2 fully saturated rings. The van der Waals surface area contributed by atoms with Crippen molar-refractivity contribution in [2.45, 2.75) is 57.6 Å². The molecule has 4 rings (SSSR count). The molecule has 0 radical (unpaired) electrons. The number of hydrogen-bond acceptors (Lipinski definition) is 4. The van der Waals surface area contributed by atoms with Crippen molar-refractivity contribution in [1.82, 2.24) is 9.80 Å². The lowest BCUT2D eigenvalue weighted by Crippen LogP contribution is -2.52. The van der Waals surface area contributed by atoms with E-state index in [1.165, 1.54) is 18.4 Å². The Labute approximate surface area is 150 Å². The molecule has 1 unspecified atom stereocenters. The summed E-state index contributed by atoms with van der Waals surface area (Å²) in [5.74, 6) is 6.58. The molecule has 3 heterocycles. The van der Waals surface area contributed by atoms with Crippen molar-refractivity contribution in [2.75, 3.05) is 32.7 Å². The van der Waals surface area contributed by atoms with Gasteiger partial charge in [-0.25, -0.2) is 4.79 Å². The summed E-state index contributed by atoms with van der Waals surface area (Å²) < 4.78 is 5.87. The molecule has 3 aliphatic heterocycles. The van der Waals surface area contributed by atoms with Crippen LogP contribution >= 0.6 is 0 Å². The zero-order chi connectivity index (χ0) is 17.4. The topological polar surface area (TPSA) is 32.8 Å². The Morgan fingerprint density at radius 3 is 2.88 bits per heavy atom. The standard InChI is InChI=1S/C21H28N2O2/c1-3-10-22(11-4-2)12-7-8-16-17-14-20(24)25-21(17)18(16)15-23-13-6-5-9-19(21)23/h14,19H,3-6,9-13,15H2,1-2H3/t19?,21-/m1/s1. The Morgan fingerprint density at radius 1 is 1.32 bits per heavy atom. The number of piperidine rings is 1. The van der Waals surface area contributed by atoms with Gasteiger partial charge < -0.3 is 4.74 Å². The smallest absolute Gasteiger partial charge is 0.332 e. The van der Waals surface area contributed by atoms with E-state index < -0.39 is 5.60 Å². The van der Waals surface area contributed by atoms with E-state index in [-0.39, 0.29) is 5.97 Å². The zero-order valence-corrected chi connectivity index (χ0v) is 15.4. The lowest BCUT2D eigenvalue weighted by atomic mass is 9.67. The predicted octanol–water partition coefficient (Wildman–Crippen LogP) is 2.51. The zero-order valence-electron chi connectivity index (χ0n) is 15.4. The summed E-state index contributed by atoms with van der Waals surface area (Å²) in [5.41, 5.74) is 2.98. The first-order valence-corrected chi connectivity index (χ1v) is 9.85. The van der Waals surface area contributed by atoms with E-state index in [1.54, 1.807) is 6.08 Å². The van der Waals surface area contributed by atoms with Gasteiger partial charge in [-0.15, -0.1) is 0 Å². The lowest BCUT2D eigenvalue weighted by molar-refractivity contribution is -0.146. The van der Waals surface area contributed by atoms with Gasteiger partial charge in [-0.2, -0.15) is 0 Å². The average molecular weight is 340 g/mol. The van der Waals surface area contributed by atoms with Crippen molar-refractivity contribution < 1.29 is 9.53 Å². The van der Waals surface area contributed by atoms with E-state index in [9.17, 15) is 4.79 Å². The third kappa shape index (κ3) is 2.56. The van der Waals surface area contributed by atoms with Gasteiger partial charge in [0.15, 0.2) is 5.60 Å². The number of rotatable bonds is 5. The van der Waals surface area contributed by atoms with Crippen molar-refractivity contribution in [1.29, 1.82) is 0 Å². The lowest BCUT2D eigenvalue weighted by Gasteiger charge is -2.43. The molecule has 0 amide bonds. The first-order chi connectivity index (χ1) is 12.2. The second-order valence-corrected chi connectivity index (χ2v) is 7.63. The highest BCUT2D eigenvalue weighted by molar-refractivity contribution is 5.94. The first kappa shape index (κ1) is 16.9. The summed E-state index contributed by atoms with van der Waals surface area (Å²) in [6.07, 6.45) is 7.60. The van der Waals surface area contributed by atoms with Crippen LogP contribution in [-0.2, 0) is 9.53 Å². The third-order valence-corrected chi connectivity index (χ3v) is 5.98. The number of carbonyl (C=O) groups is 1. The Morgan fingerprint density at radius 2 is 2.12 bits per heavy atom. The Hall–Kier alpha value is -1.57. The van der Waals surface area contributed by atoms with Crippen molar-refractivity contribution in [2.24, 2.45) is 0 Å². The minimum Gasteiger partial charge on any atom is -0.445 e. The molecule has 0 aromatic rings. The maximum atomic E-state index is 12.0.